The molecule has 1 fully saturated rings. The minimum absolute atomic E-state index is 0.0968. The number of hydrogen-bond acceptors (Lipinski definition) is 5. The highest BCUT2D eigenvalue weighted by molar-refractivity contribution is 7.99. The number of aryl methyl sites for hydroxylation is 1. The Bertz CT molecular complexity index is 746. The van der Waals surface area contributed by atoms with E-state index in [1.807, 2.05) is 31.2 Å². The molecule has 0 saturated heterocycles. The van der Waals surface area contributed by atoms with Crippen LogP contribution in [-0.2, 0) is 10.5 Å². The Morgan fingerprint density at radius 3 is 2.92 bits per heavy atom. The van der Waals surface area contributed by atoms with E-state index in [1.165, 1.54) is 24.6 Å². The van der Waals surface area contributed by atoms with Gasteiger partial charge in [-0.05, 0) is 30.7 Å². The lowest BCUT2D eigenvalue weighted by Crippen LogP contribution is -2.44. The molecule has 1 aliphatic rings. The topological polar surface area (TPSA) is 68.0 Å². The van der Waals surface area contributed by atoms with Gasteiger partial charge in [0.25, 0.3) is 0 Å². The van der Waals surface area contributed by atoms with Gasteiger partial charge in [0, 0.05) is 11.6 Å². The maximum Gasteiger partial charge on any atom is 0.236 e. The second-order valence-electron chi connectivity index (χ2n) is 7.26. The van der Waals surface area contributed by atoms with Gasteiger partial charge >= 0.3 is 0 Å². The quantitative estimate of drug-likeness (QED) is 0.821. The summed E-state index contributed by atoms with van der Waals surface area (Å²) in [6, 6.07) is 8.27. The Labute approximate surface area is 159 Å². The first-order valence-electron chi connectivity index (χ1n) is 9.30. The van der Waals surface area contributed by atoms with Crippen molar-refractivity contribution >= 4 is 17.7 Å². The monoisotopic (exact) mass is 373 g/mol. The van der Waals surface area contributed by atoms with E-state index in [-0.39, 0.29) is 5.91 Å². The number of aromatic nitrogens is 2. The molecule has 3 rings (SSSR count). The van der Waals surface area contributed by atoms with E-state index >= 15 is 0 Å². The van der Waals surface area contributed by atoms with Crippen molar-refractivity contribution < 1.29 is 9.32 Å². The van der Waals surface area contributed by atoms with Crippen LogP contribution < -0.4 is 5.32 Å². The Morgan fingerprint density at radius 2 is 2.12 bits per heavy atom. The summed E-state index contributed by atoms with van der Waals surface area (Å²) in [7, 11) is 0. The van der Waals surface area contributed by atoms with E-state index in [2.05, 4.69) is 29.3 Å². The Kier molecular flexibility index (Phi) is 6.35. The molecule has 1 aliphatic carbocycles. The molecule has 0 unspecified atom stereocenters. The molecule has 0 spiro atoms. The van der Waals surface area contributed by atoms with Crippen LogP contribution in [-0.4, -0.2) is 27.8 Å². The summed E-state index contributed by atoms with van der Waals surface area (Å²) in [5.74, 6) is 3.45. The largest absolute Gasteiger partial charge is 0.352 e. The molecule has 1 amide bonds. The van der Waals surface area contributed by atoms with Crippen molar-refractivity contribution in [2.75, 3.05) is 5.75 Å². The van der Waals surface area contributed by atoms with Crippen molar-refractivity contribution in [3.8, 4) is 11.4 Å². The number of carbonyl (C=O) groups excluding carboxylic acids is 1. The van der Waals surface area contributed by atoms with Crippen molar-refractivity contribution in [1.82, 2.24) is 15.5 Å². The van der Waals surface area contributed by atoms with Crippen molar-refractivity contribution in [2.45, 2.75) is 51.8 Å². The van der Waals surface area contributed by atoms with Crippen LogP contribution in [0.15, 0.2) is 28.8 Å². The van der Waals surface area contributed by atoms with Crippen LogP contribution in [0.1, 0.15) is 44.6 Å². The van der Waals surface area contributed by atoms with Gasteiger partial charge < -0.3 is 9.84 Å². The summed E-state index contributed by atoms with van der Waals surface area (Å²) >= 11 is 1.51. The fourth-order valence-electron chi connectivity index (χ4n) is 3.51. The first kappa shape index (κ1) is 19.0. The number of hydrogen-bond donors (Lipinski definition) is 1. The van der Waals surface area contributed by atoms with Gasteiger partial charge in [0.1, 0.15) is 0 Å². The molecule has 1 heterocycles. The Balaban J connectivity index is 1.46. The lowest BCUT2D eigenvalue weighted by atomic mass is 9.78. The van der Waals surface area contributed by atoms with Crippen LogP contribution >= 0.6 is 11.8 Å². The summed E-state index contributed by atoms with van der Waals surface area (Å²) in [4.78, 5) is 16.7. The number of thioether (sulfide) groups is 1. The molecule has 0 bridgehead atoms. The fourth-order valence-corrected chi connectivity index (χ4v) is 4.17. The van der Waals surface area contributed by atoms with Crippen molar-refractivity contribution in [2.24, 2.45) is 11.8 Å². The summed E-state index contributed by atoms with van der Waals surface area (Å²) < 4.78 is 5.32. The fraction of sp³-hybridized carbons (Fsp3) is 0.550. The molecule has 26 heavy (non-hydrogen) atoms. The highest BCUT2D eigenvalue weighted by Gasteiger charge is 2.28. The summed E-state index contributed by atoms with van der Waals surface area (Å²) in [6.07, 6.45) is 3.56. The number of rotatable bonds is 6. The van der Waals surface area contributed by atoms with Gasteiger partial charge in [0.15, 0.2) is 0 Å². The maximum absolute atomic E-state index is 12.2. The number of amides is 1. The smallest absolute Gasteiger partial charge is 0.236 e. The van der Waals surface area contributed by atoms with Crippen LogP contribution in [0, 0.1) is 18.8 Å². The standard InChI is InChI=1S/C20H27N3O2S/c1-13-8-6-10-17(15(13)3)21-18(24)11-26-12-19-22-20(23-25-19)16-9-5-4-7-14(16)2/h4-5,7,9,13,15,17H,6,8,10-12H2,1-3H3,(H,21,24)/t13-,15+,17-/m1/s1. The zero-order chi connectivity index (χ0) is 18.5. The number of nitrogens with zero attached hydrogens (tertiary/aromatic N) is 2. The highest BCUT2D eigenvalue weighted by Crippen LogP contribution is 2.29. The predicted molar refractivity (Wildman–Crippen MR) is 105 cm³/mol. The average Bonchev–Trinajstić information content (AvgIpc) is 3.08. The second-order valence-corrected chi connectivity index (χ2v) is 8.25. The van der Waals surface area contributed by atoms with Crippen molar-refractivity contribution in [1.29, 1.82) is 0 Å². The molecule has 1 aromatic carbocycles. The van der Waals surface area contributed by atoms with Crippen LogP contribution in [0.25, 0.3) is 11.4 Å². The molecule has 1 saturated carbocycles. The molecular weight excluding hydrogens is 346 g/mol. The minimum atomic E-state index is 0.0968. The summed E-state index contributed by atoms with van der Waals surface area (Å²) in [6.45, 7) is 6.55. The molecule has 0 aliphatic heterocycles. The lowest BCUT2D eigenvalue weighted by Gasteiger charge is -2.34. The van der Waals surface area contributed by atoms with Gasteiger partial charge in [-0.25, -0.2) is 0 Å². The first-order chi connectivity index (χ1) is 12.5. The molecular formula is C20H27N3O2S. The average molecular weight is 374 g/mol. The molecule has 0 radical (unpaired) electrons. The number of nitrogens with one attached hydrogen (secondary N) is 1. The Morgan fingerprint density at radius 1 is 1.31 bits per heavy atom. The van der Waals surface area contributed by atoms with E-state index in [9.17, 15) is 4.79 Å². The highest BCUT2D eigenvalue weighted by atomic mass is 32.2. The minimum Gasteiger partial charge on any atom is -0.352 e. The zero-order valence-corrected chi connectivity index (χ0v) is 16.5. The number of benzene rings is 1. The molecule has 6 heteroatoms. The third-order valence-corrected chi connectivity index (χ3v) is 6.28. The van der Waals surface area contributed by atoms with Crippen molar-refractivity contribution in [3.63, 3.8) is 0 Å². The van der Waals surface area contributed by atoms with Crippen LogP contribution in [0.5, 0.6) is 0 Å². The molecule has 140 valence electrons. The maximum atomic E-state index is 12.2. The molecule has 2 aromatic rings. The second kappa shape index (κ2) is 8.71. The van der Waals surface area contributed by atoms with E-state index in [0.29, 0.717) is 41.1 Å². The normalized spacial score (nSPS) is 23.0. The lowest BCUT2D eigenvalue weighted by molar-refractivity contribution is -0.119. The van der Waals surface area contributed by atoms with Gasteiger partial charge in [-0.3, -0.25) is 4.79 Å². The van der Waals surface area contributed by atoms with E-state index < -0.39 is 0 Å². The Hall–Kier alpha value is -1.82. The third kappa shape index (κ3) is 4.67. The van der Waals surface area contributed by atoms with Gasteiger partial charge in [0.05, 0.1) is 11.5 Å². The molecule has 1 N–H and O–H groups in total. The summed E-state index contributed by atoms with van der Waals surface area (Å²) in [5.41, 5.74) is 2.09. The van der Waals surface area contributed by atoms with E-state index in [1.54, 1.807) is 0 Å². The van der Waals surface area contributed by atoms with Crippen LogP contribution in [0.3, 0.4) is 0 Å². The SMILES string of the molecule is Cc1ccccc1-c1noc(CSCC(=O)N[C@@H]2CCC[C@@H](C)[C@@H]2C)n1. The van der Waals surface area contributed by atoms with Crippen LogP contribution in [0.4, 0.5) is 0 Å². The number of carbonyl (C=O) groups is 1. The molecule has 3 atom stereocenters. The summed E-state index contributed by atoms with van der Waals surface area (Å²) in [5, 5.41) is 7.25. The van der Waals surface area contributed by atoms with Crippen LogP contribution in [0.2, 0.25) is 0 Å². The molecule has 1 aromatic heterocycles. The molecule has 5 nitrogen and oxygen atoms in total. The van der Waals surface area contributed by atoms with E-state index in [4.69, 9.17) is 4.52 Å². The third-order valence-electron chi connectivity index (χ3n) is 5.37. The van der Waals surface area contributed by atoms with Gasteiger partial charge in [-0.1, -0.05) is 56.1 Å². The van der Waals surface area contributed by atoms with E-state index in [0.717, 1.165) is 17.5 Å². The van der Waals surface area contributed by atoms with Gasteiger partial charge in [0.2, 0.25) is 17.6 Å². The zero-order valence-electron chi connectivity index (χ0n) is 15.7. The first-order valence-corrected chi connectivity index (χ1v) is 10.5. The predicted octanol–water partition coefficient (Wildman–Crippen LogP) is 4.22. The van der Waals surface area contributed by atoms with Gasteiger partial charge in [-0.2, -0.15) is 4.98 Å². The van der Waals surface area contributed by atoms with Gasteiger partial charge in [-0.15, -0.1) is 11.8 Å². The van der Waals surface area contributed by atoms with Crippen molar-refractivity contribution in [3.05, 3.63) is 35.7 Å².